The standard InChI is InChI=1S/C25H33N7O3S/c1-15-5-7-20(29-36(4,34)35)19(9-15)25(33)31-11-16(2)6-8-22(31)21-10-23-27-24(30-13-18(26)14-30)17(3)12-32(23)28-21/h5,7,9-10,12,16,18,22,29H,6,8,11,13-14,26H2,1-4H3. The fraction of sp³-hybridized carbons (Fsp3) is 0.480. The number of carbonyl (C=O) groups excluding carboxylic acids is 1. The molecule has 10 nitrogen and oxygen atoms in total. The zero-order valence-electron chi connectivity index (χ0n) is 21.1. The van der Waals surface area contributed by atoms with Crippen molar-refractivity contribution in [2.24, 2.45) is 11.7 Å². The highest BCUT2D eigenvalue weighted by Crippen LogP contribution is 2.36. The quantitative estimate of drug-likeness (QED) is 0.539. The Morgan fingerprint density at radius 1 is 1.14 bits per heavy atom. The molecule has 2 aromatic heterocycles. The van der Waals surface area contributed by atoms with E-state index in [2.05, 4.69) is 16.5 Å². The molecule has 3 N–H and O–H groups in total. The maximum absolute atomic E-state index is 13.9. The number of piperidine rings is 1. The van der Waals surface area contributed by atoms with E-state index in [1.54, 1.807) is 22.7 Å². The second-order valence-corrected chi connectivity index (χ2v) is 12.1. The van der Waals surface area contributed by atoms with E-state index in [1.807, 2.05) is 31.0 Å². The van der Waals surface area contributed by atoms with Crippen molar-refractivity contribution < 1.29 is 13.2 Å². The number of amides is 1. The molecule has 0 spiro atoms. The minimum absolute atomic E-state index is 0.176. The van der Waals surface area contributed by atoms with E-state index in [-0.39, 0.29) is 23.7 Å². The lowest BCUT2D eigenvalue weighted by atomic mass is 9.91. The molecule has 2 aliphatic heterocycles. The molecule has 2 aliphatic rings. The Kier molecular flexibility index (Phi) is 6.16. The second kappa shape index (κ2) is 9.04. The van der Waals surface area contributed by atoms with Crippen LogP contribution in [0, 0.1) is 19.8 Å². The molecule has 0 aliphatic carbocycles. The molecule has 0 saturated carbocycles. The summed E-state index contributed by atoms with van der Waals surface area (Å²) in [5.74, 6) is 1.02. The Balaban J connectivity index is 1.51. The van der Waals surface area contributed by atoms with Crippen LogP contribution >= 0.6 is 0 Å². The van der Waals surface area contributed by atoms with Gasteiger partial charge in [-0.05, 0) is 44.7 Å². The zero-order valence-corrected chi connectivity index (χ0v) is 21.9. The van der Waals surface area contributed by atoms with E-state index in [0.717, 1.165) is 60.5 Å². The number of rotatable bonds is 5. The number of fused-ring (bicyclic) bond motifs is 1. The molecule has 0 radical (unpaired) electrons. The number of aryl methyl sites for hydroxylation is 2. The lowest BCUT2D eigenvalue weighted by molar-refractivity contribution is 0.0538. The van der Waals surface area contributed by atoms with Gasteiger partial charge in [0.25, 0.3) is 5.91 Å². The van der Waals surface area contributed by atoms with Gasteiger partial charge in [-0.15, -0.1) is 0 Å². The van der Waals surface area contributed by atoms with Crippen molar-refractivity contribution >= 4 is 33.1 Å². The summed E-state index contributed by atoms with van der Waals surface area (Å²) in [5.41, 5.74) is 10.0. The highest BCUT2D eigenvalue weighted by molar-refractivity contribution is 7.92. The fourth-order valence-electron chi connectivity index (χ4n) is 5.15. The minimum atomic E-state index is -3.54. The summed E-state index contributed by atoms with van der Waals surface area (Å²) in [6.45, 7) is 8.16. The van der Waals surface area contributed by atoms with E-state index < -0.39 is 10.0 Å². The van der Waals surface area contributed by atoms with Crippen molar-refractivity contribution in [1.29, 1.82) is 0 Å². The van der Waals surface area contributed by atoms with Gasteiger partial charge < -0.3 is 15.5 Å². The van der Waals surface area contributed by atoms with Gasteiger partial charge in [0.2, 0.25) is 10.0 Å². The molecule has 2 unspecified atom stereocenters. The van der Waals surface area contributed by atoms with Crippen molar-refractivity contribution in [2.75, 3.05) is 35.5 Å². The van der Waals surface area contributed by atoms with Gasteiger partial charge in [0, 0.05) is 43.5 Å². The van der Waals surface area contributed by atoms with Crippen molar-refractivity contribution in [2.45, 2.75) is 45.7 Å². The third kappa shape index (κ3) is 4.77. The number of hydrogen-bond donors (Lipinski definition) is 2. The average molecular weight is 512 g/mol. The molecule has 11 heteroatoms. The first kappa shape index (κ1) is 24.5. The summed E-state index contributed by atoms with van der Waals surface area (Å²) in [7, 11) is -3.54. The monoisotopic (exact) mass is 511 g/mol. The van der Waals surface area contributed by atoms with Crippen LogP contribution in [-0.2, 0) is 10.0 Å². The molecule has 1 aromatic carbocycles. The van der Waals surface area contributed by atoms with Gasteiger partial charge in [-0.1, -0.05) is 18.6 Å². The van der Waals surface area contributed by atoms with Crippen LogP contribution in [0.2, 0.25) is 0 Å². The number of nitrogens with two attached hydrogens (primary N) is 1. The topological polar surface area (TPSA) is 126 Å². The van der Waals surface area contributed by atoms with Gasteiger partial charge in [-0.3, -0.25) is 9.52 Å². The number of aromatic nitrogens is 3. The number of likely N-dealkylation sites (tertiary alicyclic amines) is 1. The van der Waals surface area contributed by atoms with Crippen LogP contribution in [0.1, 0.15) is 53.0 Å². The molecule has 1 amide bonds. The van der Waals surface area contributed by atoms with Crippen LogP contribution in [0.15, 0.2) is 30.5 Å². The van der Waals surface area contributed by atoms with Crippen molar-refractivity contribution in [3.63, 3.8) is 0 Å². The Bertz CT molecular complexity index is 1430. The molecule has 2 fully saturated rings. The van der Waals surface area contributed by atoms with E-state index in [4.69, 9.17) is 15.8 Å². The molecule has 5 rings (SSSR count). The molecule has 192 valence electrons. The van der Waals surface area contributed by atoms with Crippen LogP contribution in [0.25, 0.3) is 5.65 Å². The predicted molar refractivity (Wildman–Crippen MR) is 140 cm³/mol. The number of carbonyl (C=O) groups is 1. The Morgan fingerprint density at radius 3 is 2.58 bits per heavy atom. The first-order chi connectivity index (χ1) is 17.0. The fourth-order valence-corrected chi connectivity index (χ4v) is 5.73. The first-order valence-corrected chi connectivity index (χ1v) is 14.1. The molecule has 2 atom stereocenters. The molecule has 3 aromatic rings. The van der Waals surface area contributed by atoms with Gasteiger partial charge in [-0.2, -0.15) is 5.10 Å². The van der Waals surface area contributed by atoms with Gasteiger partial charge in [0.1, 0.15) is 5.82 Å². The molecule has 2 saturated heterocycles. The smallest absolute Gasteiger partial charge is 0.256 e. The van der Waals surface area contributed by atoms with Crippen molar-refractivity contribution in [3.8, 4) is 0 Å². The van der Waals surface area contributed by atoms with Crippen molar-refractivity contribution in [3.05, 3.63) is 52.8 Å². The number of hydrogen-bond acceptors (Lipinski definition) is 7. The van der Waals surface area contributed by atoms with Crippen LogP contribution < -0.4 is 15.4 Å². The van der Waals surface area contributed by atoms with Crippen LogP contribution in [0.4, 0.5) is 11.5 Å². The van der Waals surface area contributed by atoms with E-state index >= 15 is 0 Å². The summed E-state index contributed by atoms with van der Waals surface area (Å²) < 4.78 is 28.2. The van der Waals surface area contributed by atoms with Gasteiger partial charge in [0.05, 0.1) is 29.2 Å². The summed E-state index contributed by atoms with van der Waals surface area (Å²) in [6.07, 6.45) is 4.79. The van der Waals surface area contributed by atoms with E-state index in [1.165, 1.54) is 0 Å². The Hall–Kier alpha value is -3.18. The maximum atomic E-state index is 13.9. The molecular weight excluding hydrogens is 478 g/mol. The number of nitrogens with zero attached hydrogens (tertiary/aromatic N) is 5. The number of benzene rings is 1. The maximum Gasteiger partial charge on any atom is 0.256 e. The first-order valence-electron chi connectivity index (χ1n) is 12.3. The summed E-state index contributed by atoms with van der Waals surface area (Å²) in [6, 6.07) is 7.07. The lowest BCUT2D eigenvalue weighted by Crippen LogP contribution is -2.56. The summed E-state index contributed by atoms with van der Waals surface area (Å²) in [4.78, 5) is 22.7. The predicted octanol–water partition coefficient (Wildman–Crippen LogP) is 2.48. The average Bonchev–Trinajstić information content (AvgIpc) is 3.18. The SMILES string of the molecule is Cc1ccc(NS(C)(=O)=O)c(C(=O)N2CC(C)CCC2c2cc3nc(N4CC(N)C4)c(C)cn3n2)c1. The summed E-state index contributed by atoms with van der Waals surface area (Å²) in [5, 5.41) is 4.81. The van der Waals surface area contributed by atoms with E-state index in [9.17, 15) is 13.2 Å². The molecule has 0 bridgehead atoms. The van der Waals surface area contributed by atoms with Gasteiger partial charge in [0.15, 0.2) is 5.65 Å². The molecular formula is C25H33N7O3S. The highest BCUT2D eigenvalue weighted by atomic mass is 32.2. The van der Waals surface area contributed by atoms with Crippen LogP contribution in [0.5, 0.6) is 0 Å². The lowest BCUT2D eigenvalue weighted by Gasteiger charge is -2.38. The number of nitrogens with one attached hydrogen (secondary N) is 1. The number of sulfonamides is 1. The molecule has 36 heavy (non-hydrogen) atoms. The number of anilines is 2. The minimum Gasteiger partial charge on any atom is -0.353 e. The van der Waals surface area contributed by atoms with Gasteiger partial charge >= 0.3 is 0 Å². The van der Waals surface area contributed by atoms with Crippen LogP contribution in [-0.4, -0.2) is 65.8 Å². The molecule has 4 heterocycles. The largest absolute Gasteiger partial charge is 0.353 e. The highest BCUT2D eigenvalue weighted by Gasteiger charge is 2.35. The summed E-state index contributed by atoms with van der Waals surface area (Å²) >= 11 is 0. The van der Waals surface area contributed by atoms with Crippen LogP contribution in [0.3, 0.4) is 0 Å². The zero-order chi connectivity index (χ0) is 25.8. The Morgan fingerprint density at radius 2 is 1.89 bits per heavy atom. The Labute approximate surface area is 211 Å². The van der Waals surface area contributed by atoms with Crippen molar-refractivity contribution in [1.82, 2.24) is 19.5 Å². The second-order valence-electron chi connectivity index (χ2n) is 10.4. The van der Waals surface area contributed by atoms with E-state index in [0.29, 0.717) is 18.0 Å². The van der Waals surface area contributed by atoms with Gasteiger partial charge in [-0.25, -0.2) is 17.9 Å². The normalized spacial score (nSPS) is 21.0. The third-order valence-corrected chi connectivity index (χ3v) is 7.54. The third-order valence-electron chi connectivity index (χ3n) is 6.95.